The van der Waals surface area contributed by atoms with Crippen LogP contribution < -0.4 is 4.90 Å². The molecule has 1 unspecified atom stereocenters. The van der Waals surface area contributed by atoms with Crippen molar-refractivity contribution in [2.24, 2.45) is 17.8 Å². The molecule has 3 aliphatic heterocycles. The molecule has 1 amide bonds. The first-order chi connectivity index (χ1) is 10.6. The largest absolute Gasteiger partial charge is 0.371 e. The van der Waals surface area contributed by atoms with Crippen molar-refractivity contribution in [1.29, 1.82) is 0 Å². The molecule has 0 bridgehead atoms. The Labute approximate surface area is 133 Å². The average Bonchev–Trinajstić information content (AvgIpc) is 2.93. The fraction of sp³-hybridized carbons (Fsp3) is 0.632. The minimum absolute atomic E-state index is 0.413. The standard InChI is InChI=1S/C19H26N2O/c1-13(2)17-10-15-12-20(16-6-4-3-5-7-16)11-14-8-9-18(22)21(17)19(14)15/h3-7,13-15,17,19H,8-12H2,1-2H3/t14-,15?,17-,19-/m1/s1. The van der Waals surface area contributed by atoms with Gasteiger partial charge in [0.25, 0.3) is 0 Å². The van der Waals surface area contributed by atoms with Crippen LogP contribution in [0.15, 0.2) is 30.3 Å². The minimum Gasteiger partial charge on any atom is -0.371 e. The molecule has 3 nitrogen and oxygen atoms in total. The summed E-state index contributed by atoms with van der Waals surface area (Å²) in [6, 6.07) is 11.8. The Balaban J connectivity index is 1.63. The quantitative estimate of drug-likeness (QED) is 0.837. The van der Waals surface area contributed by atoms with Crippen LogP contribution in [0, 0.1) is 17.8 Å². The maximum atomic E-state index is 12.5. The van der Waals surface area contributed by atoms with Crippen molar-refractivity contribution in [3.63, 3.8) is 0 Å². The maximum absolute atomic E-state index is 12.5. The number of hydrogen-bond donors (Lipinski definition) is 0. The topological polar surface area (TPSA) is 23.6 Å². The first-order valence-electron chi connectivity index (χ1n) is 8.76. The van der Waals surface area contributed by atoms with Gasteiger partial charge in [0.2, 0.25) is 5.91 Å². The second-order valence-electron chi connectivity index (χ2n) is 7.64. The van der Waals surface area contributed by atoms with Gasteiger partial charge in [-0.1, -0.05) is 32.0 Å². The van der Waals surface area contributed by atoms with Crippen molar-refractivity contribution >= 4 is 11.6 Å². The predicted octanol–water partition coefficient (Wildman–Crippen LogP) is 3.16. The minimum atomic E-state index is 0.413. The molecule has 3 saturated heterocycles. The van der Waals surface area contributed by atoms with Crippen molar-refractivity contribution in [2.45, 2.75) is 45.2 Å². The third kappa shape index (κ3) is 2.13. The summed E-state index contributed by atoms with van der Waals surface area (Å²) >= 11 is 0. The van der Waals surface area contributed by atoms with Crippen LogP contribution >= 0.6 is 0 Å². The predicted molar refractivity (Wildman–Crippen MR) is 88.7 cm³/mol. The van der Waals surface area contributed by atoms with Gasteiger partial charge in [-0.25, -0.2) is 0 Å². The third-order valence-corrected chi connectivity index (χ3v) is 6.01. The number of amides is 1. The fourth-order valence-corrected chi connectivity index (χ4v) is 5.05. The lowest BCUT2D eigenvalue weighted by molar-refractivity contribution is -0.140. The smallest absolute Gasteiger partial charge is 0.223 e. The van der Waals surface area contributed by atoms with Crippen LogP contribution in [0.5, 0.6) is 0 Å². The van der Waals surface area contributed by atoms with Crippen LogP contribution in [0.3, 0.4) is 0 Å². The number of para-hydroxylation sites is 1. The molecule has 118 valence electrons. The molecule has 0 aromatic heterocycles. The van der Waals surface area contributed by atoms with Gasteiger partial charge in [-0.3, -0.25) is 4.79 Å². The molecule has 0 spiro atoms. The summed E-state index contributed by atoms with van der Waals surface area (Å²) in [4.78, 5) is 17.3. The van der Waals surface area contributed by atoms with Crippen LogP contribution in [0.2, 0.25) is 0 Å². The molecule has 3 fully saturated rings. The number of carbonyl (C=O) groups excluding carboxylic acids is 1. The van der Waals surface area contributed by atoms with E-state index >= 15 is 0 Å². The van der Waals surface area contributed by atoms with Crippen molar-refractivity contribution in [1.82, 2.24) is 4.90 Å². The average molecular weight is 298 g/mol. The van der Waals surface area contributed by atoms with Gasteiger partial charge < -0.3 is 9.80 Å². The van der Waals surface area contributed by atoms with Crippen LogP contribution in [0.4, 0.5) is 5.69 Å². The molecule has 3 heteroatoms. The monoisotopic (exact) mass is 298 g/mol. The van der Waals surface area contributed by atoms with Gasteiger partial charge in [0.05, 0.1) is 0 Å². The molecular weight excluding hydrogens is 272 g/mol. The van der Waals surface area contributed by atoms with E-state index < -0.39 is 0 Å². The Morgan fingerprint density at radius 3 is 2.55 bits per heavy atom. The van der Waals surface area contributed by atoms with Gasteiger partial charge in [-0.05, 0) is 42.7 Å². The molecule has 1 aromatic rings. The second-order valence-corrected chi connectivity index (χ2v) is 7.64. The number of piperidine rings is 2. The lowest BCUT2D eigenvalue weighted by Crippen LogP contribution is -2.57. The zero-order valence-electron chi connectivity index (χ0n) is 13.6. The zero-order valence-corrected chi connectivity index (χ0v) is 13.6. The summed E-state index contributed by atoms with van der Waals surface area (Å²) < 4.78 is 0. The molecule has 0 radical (unpaired) electrons. The molecule has 0 N–H and O–H groups in total. The van der Waals surface area contributed by atoms with Crippen molar-refractivity contribution < 1.29 is 4.79 Å². The molecule has 3 aliphatic rings. The van der Waals surface area contributed by atoms with Gasteiger partial charge in [0.1, 0.15) is 0 Å². The number of benzene rings is 1. The molecule has 3 heterocycles. The summed E-state index contributed by atoms with van der Waals surface area (Å²) in [6.07, 6.45) is 3.01. The lowest BCUT2D eigenvalue weighted by atomic mass is 9.79. The molecule has 1 aromatic carbocycles. The summed E-state index contributed by atoms with van der Waals surface area (Å²) in [5, 5.41) is 0. The second kappa shape index (κ2) is 5.29. The van der Waals surface area contributed by atoms with E-state index in [4.69, 9.17) is 0 Å². The van der Waals surface area contributed by atoms with Crippen molar-refractivity contribution in [3.8, 4) is 0 Å². The number of rotatable bonds is 2. The Kier molecular flexibility index (Phi) is 3.39. The van der Waals surface area contributed by atoms with Crippen molar-refractivity contribution in [3.05, 3.63) is 30.3 Å². The zero-order chi connectivity index (χ0) is 15.3. The highest BCUT2D eigenvalue weighted by Crippen LogP contribution is 2.45. The fourth-order valence-electron chi connectivity index (χ4n) is 5.05. The van der Waals surface area contributed by atoms with Crippen LogP contribution in [-0.2, 0) is 4.79 Å². The Bertz CT molecular complexity index is 556. The van der Waals surface area contributed by atoms with Crippen LogP contribution in [0.1, 0.15) is 33.1 Å². The molecule has 4 atom stereocenters. The lowest BCUT2D eigenvalue weighted by Gasteiger charge is -2.48. The van der Waals surface area contributed by atoms with Gasteiger partial charge in [-0.15, -0.1) is 0 Å². The van der Waals surface area contributed by atoms with Gasteiger partial charge in [0.15, 0.2) is 0 Å². The van der Waals surface area contributed by atoms with E-state index in [9.17, 15) is 4.79 Å². The summed E-state index contributed by atoms with van der Waals surface area (Å²) in [5.74, 6) is 2.28. The Morgan fingerprint density at radius 1 is 1.09 bits per heavy atom. The van der Waals surface area contributed by atoms with E-state index in [1.807, 2.05) is 0 Å². The Morgan fingerprint density at radius 2 is 1.82 bits per heavy atom. The van der Waals surface area contributed by atoms with E-state index in [0.29, 0.717) is 35.7 Å². The van der Waals surface area contributed by atoms with E-state index in [2.05, 4.69) is 54.0 Å². The number of anilines is 1. The highest BCUT2D eigenvalue weighted by molar-refractivity contribution is 5.78. The van der Waals surface area contributed by atoms with Gasteiger partial charge in [-0.2, -0.15) is 0 Å². The van der Waals surface area contributed by atoms with E-state index in [1.54, 1.807) is 0 Å². The highest BCUT2D eigenvalue weighted by atomic mass is 16.2. The molecular formula is C19H26N2O. The van der Waals surface area contributed by atoms with E-state index in [1.165, 1.54) is 12.1 Å². The first kappa shape index (κ1) is 14.1. The molecule has 4 rings (SSSR count). The van der Waals surface area contributed by atoms with Crippen LogP contribution in [-0.4, -0.2) is 36.0 Å². The number of hydrogen-bond acceptors (Lipinski definition) is 2. The van der Waals surface area contributed by atoms with E-state index in [0.717, 1.165) is 25.9 Å². The normalized spacial score (nSPS) is 34.2. The van der Waals surface area contributed by atoms with Crippen molar-refractivity contribution in [2.75, 3.05) is 18.0 Å². The highest BCUT2D eigenvalue weighted by Gasteiger charge is 2.52. The van der Waals surface area contributed by atoms with E-state index in [-0.39, 0.29) is 0 Å². The molecule has 0 saturated carbocycles. The summed E-state index contributed by atoms with van der Waals surface area (Å²) in [7, 11) is 0. The summed E-state index contributed by atoms with van der Waals surface area (Å²) in [5.41, 5.74) is 1.34. The van der Waals surface area contributed by atoms with Gasteiger partial charge >= 0.3 is 0 Å². The third-order valence-electron chi connectivity index (χ3n) is 6.01. The molecule has 22 heavy (non-hydrogen) atoms. The molecule has 0 aliphatic carbocycles. The summed E-state index contributed by atoms with van der Waals surface area (Å²) in [6.45, 7) is 6.76. The van der Waals surface area contributed by atoms with Crippen LogP contribution in [0.25, 0.3) is 0 Å². The first-order valence-corrected chi connectivity index (χ1v) is 8.76. The number of nitrogens with zero attached hydrogens (tertiary/aromatic N) is 2. The Hall–Kier alpha value is -1.51. The number of carbonyl (C=O) groups is 1. The maximum Gasteiger partial charge on any atom is 0.223 e. The van der Waals surface area contributed by atoms with Gasteiger partial charge in [0, 0.05) is 37.3 Å². The SMILES string of the molecule is CC(C)[C@H]1CC2CN(c3ccccc3)C[C@H]3CCC(=O)N1[C@@H]23.